The van der Waals surface area contributed by atoms with Crippen LogP contribution in [0.3, 0.4) is 0 Å². The molecule has 0 aliphatic carbocycles. The molecule has 0 aromatic heterocycles. The van der Waals surface area contributed by atoms with Gasteiger partial charge in [-0.15, -0.1) is 0 Å². The zero-order valence-corrected chi connectivity index (χ0v) is 15.0. The van der Waals surface area contributed by atoms with E-state index in [-0.39, 0.29) is 10.2 Å². The summed E-state index contributed by atoms with van der Waals surface area (Å²) in [5.41, 5.74) is 5.18. The molecule has 2 aromatic rings. The van der Waals surface area contributed by atoms with Gasteiger partial charge in [0.05, 0.1) is 11.9 Å². The highest BCUT2D eigenvalue weighted by Crippen LogP contribution is 2.41. The van der Waals surface area contributed by atoms with Gasteiger partial charge in [0.15, 0.2) is 0 Å². The lowest BCUT2D eigenvalue weighted by Crippen LogP contribution is -2.15. The van der Waals surface area contributed by atoms with Gasteiger partial charge in [-0.3, -0.25) is 0 Å². The molecule has 2 aromatic carbocycles. The summed E-state index contributed by atoms with van der Waals surface area (Å²) in [4.78, 5) is 0.128. The Morgan fingerprint density at radius 2 is 1.67 bits per heavy atom. The largest absolute Gasteiger partial charge is 0.496 e. The summed E-state index contributed by atoms with van der Waals surface area (Å²) in [6.07, 6.45) is 0. The van der Waals surface area contributed by atoms with Gasteiger partial charge in [0.1, 0.15) is 5.75 Å². The Labute approximate surface area is 136 Å². The summed E-state index contributed by atoms with van der Waals surface area (Å²) in [6, 6.07) is 14.9. The number of rotatable bonds is 3. The molecule has 0 spiro atoms. The number of hydrogen-bond acceptors (Lipinski definition) is 1. The van der Waals surface area contributed by atoms with Gasteiger partial charge in [0, 0.05) is 5.56 Å². The molecule has 0 radical (unpaired) electrons. The molecule has 0 fully saturated rings. The van der Waals surface area contributed by atoms with Crippen LogP contribution in [0.25, 0.3) is 0 Å². The average Bonchev–Trinajstić information content (AvgIpc) is 2.45. The van der Waals surface area contributed by atoms with Gasteiger partial charge in [-0.1, -0.05) is 78.7 Å². The molecule has 1 unspecified atom stereocenters. The number of methoxy groups -OCH3 is 1. The molecule has 1 nitrogen and oxygen atoms in total. The van der Waals surface area contributed by atoms with E-state index in [4.69, 9.17) is 4.74 Å². The van der Waals surface area contributed by atoms with Crippen molar-refractivity contribution in [1.82, 2.24) is 0 Å². The third kappa shape index (κ3) is 3.49. The van der Waals surface area contributed by atoms with E-state index in [9.17, 15) is 0 Å². The maximum Gasteiger partial charge on any atom is 0.123 e. The minimum Gasteiger partial charge on any atom is -0.496 e. The van der Waals surface area contributed by atoms with Gasteiger partial charge in [-0.05, 0) is 29.5 Å². The highest BCUT2D eigenvalue weighted by Gasteiger charge is 2.23. The molecule has 21 heavy (non-hydrogen) atoms. The van der Waals surface area contributed by atoms with E-state index in [0.29, 0.717) is 0 Å². The lowest BCUT2D eigenvalue weighted by Gasteiger charge is -2.26. The smallest absolute Gasteiger partial charge is 0.123 e. The molecule has 1 atom stereocenters. The summed E-state index contributed by atoms with van der Waals surface area (Å²) in [5, 5.41) is 0. The molecule has 0 aliphatic heterocycles. The molecular formula is C19H23BrO. The van der Waals surface area contributed by atoms with E-state index in [1.165, 1.54) is 22.3 Å². The van der Waals surface area contributed by atoms with E-state index in [2.05, 4.69) is 80.0 Å². The van der Waals surface area contributed by atoms with Crippen molar-refractivity contribution in [3.8, 4) is 5.75 Å². The van der Waals surface area contributed by atoms with Gasteiger partial charge in [0.25, 0.3) is 0 Å². The topological polar surface area (TPSA) is 9.23 Å². The van der Waals surface area contributed by atoms with Gasteiger partial charge in [-0.25, -0.2) is 0 Å². The first-order valence-electron chi connectivity index (χ1n) is 7.22. The number of aryl methyl sites for hydroxylation is 1. The van der Waals surface area contributed by atoms with Crippen molar-refractivity contribution in [2.45, 2.75) is 37.9 Å². The molecule has 0 saturated heterocycles. The van der Waals surface area contributed by atoms with E-state index in [1.807, 2.05) is 6.07 Å². The monoisotopic (exact) mass is 346 g/mol. The van der Waals surface area contributed by atoms with E-state index in [1.54, 1.807) is 7.11 Å². The Hall–Kier alpha value is -1.28. The van der Waals surface area contributed by atoms with E-state index >= 15 is 0 Å². The number of ether oxygens (including phenoxy) is 1. The first-order chi connectivity index (χ1) is 9.84. The van der Waals surface area contributed by atoms with Gasteiger partial charge in [-0.2, -0.15) is 0 Å². The zero-order chi connectivity index (χ0) is 15.6. The third-order valence-electron chi connectivity index (χ3n) is 3.70. The molecule has 0 heterocycles. The number of hydrogen-bond donors (Lipinski definition) is 0. The summed E-state index contributed by atoms with van der Waals surface area (Å²) in [7, 11) is 1.73. The highest BCUT2D eigenvalue weighted by molar-refractivity contribution is 9.09. The predicted molar refractivity (Wildman–Crippen MR) is 93.6 cm³/mol. The fourth-order valence-electron chi connectivity index (χ4n) is 2.62. The van der Waals surface area contributed by atoms with Crippen molar-refractivity contribution in [1.29, 1.82) is 0 Å². The summed E-state index contributed by atoms with van der Waals surface area (Å²) in [5.74, 6) is 0.922. The second kappa shape index (κ2) is 6.23. The zero-order valence-electron chi connectivity index (χ0n) is 13.4. The van der Waals surface area contributed by atoms with Gasteiger partial charge in [0.2, 0.25) is 0 Å². The maximum absolute atomic E-state index is 5.54. The van der Waals surface area contributed by atoms with Crippen molar-refractivity contribution >= 4 is 15.9 Å². The van der Waals surface area contributed by atoms with E-state index in [0.717, 1.165) is 5.75 Å². The Balaban J connectivity index is 2.56. The van der Waals surface area contributed by atoms with Crippen LogP contribution in [0, 0.1) is 6.92 Å². The van der Waals surface area contributed by atoms with Crippen molar-refractivity contribution in [3.63, 3.8) is 0 Å². The molecule has 0 saturated carbocycles. The average molecular weight is 347 g/mol. The molecule has 0 N–H and O–H groups in total. The normalized spacial score (nSPS) is 13.0. The Morgan fingerprint density at radius 3 is 2.29 bits per heavy atom. The predicted octanol–water partition coefficient (Wildman–Crippen LogP) is 5.79. The number of benzene rings is 2. The third-order valence-corrected chi connectivity index (χ3v) is 4.69. The standard InChI is InChI=1S/C19H23BrO/c1-13-10-11-17(21-5)15(12-13)18(20)14-8-6-7-9-16(14)19(2,3)4/h6-12,18H,1-5H3. The van der Waals surface area contributed by atoms with Crippen molar-refractivity contribution in [3.05, 3.63) is 64.7 Å². The van der Waals surface area contributed by atoms with Gasteiger partial charge < -0.3 is 4.74 Å². The molecule has 0 bridgehead atoms. The van der Waals surface area contributed by atoms with E-state index < -0.39 is 0 Å². The summed E-state index contributed by atoms with van der Waals surface area (Å²) in [6.45, 7) is 8.86. The molecular weight excluding hydrogens is 324 g/mol. The number of halogens is 1. The first-order valence-corrected chi connectivity index (χ1v) is 8.14. The minimum atomic E-state index is 0.111. The minimum absolute atomic E-state index is 0.111. The SMILES string of the molecule is COc1ccc(C)cc1C(Br)c1ccccc1C(C)(C)C. The molecule has 2 heteroatoms. The van der Waals surface area contributed by atoms with Crippen LogP contribution in [0.2, 0.25) is 0 Å². The molecule has 0 amide bonds. The van der Waals surface area contributed by atoms with Crippen molar-refractivity contribution < 1.29 is 4.74 Å². The second-order valence-electron chi connectivity index (χ2n) is 6.45. The quantitative estimate of drug-likeness (QED) is 0.639. The fraction of sp³-hybridized carbons (Fsp3) is 0.368. The second-order valence-corrected chi connectivity index (χ2v) is 7.36. The lowest BCUT2D eigenvalue weighted by atomic mass is 9.82. The highest BCUT2D eigenvalue weighted by atomic mass is 79.9. The van der Waals surface area contributed by atoms with Crippen LogP contribution in [0.5, 0.6) is 5.75 Å². The van der Waals surface area contributed by atoms with Crippen LogP contribution >= 0.6 is 15.9 Å². The van der Waals surface area contributed by atoms with Crippen LogP contribution < -0.4 is 4.74 Å². The maximum atomic E-state index is 5.54. The first kappa shape index (κ1) is 16.1. The van der Waals surface area contributed by atoms with Crippen LogP contribution in [-0.4, -0.2) is 7.11 Å². The van der Waals surface area contributed by atoms with Gasteiger partial charge >= 0.3 is 0 Å². The van der Waals surface area contributed by atoms with Crippen molar-refractivity contribution in [2.24, 2.45) is 0 Å². The van der Waals surface area contributed by atoms with Crippen LogP contribution in [0.4, 0.5) is 0 Å². The Morgan fingerprint density at radius 1 is 1.00 bits per heavy atom. The molecule has 112 valence electrons. The fourth-order valence-corrected chi connectivity index (χ4v) is 3.38. The van der Waals surface area contributed by atoms with Crippen LogP contribution in [-0.2, 0) is 5.41 Å². The molecule has 0 aliphatic rings. The number of alkyl halides is 1. The van der Waals surface area contributed by atoms with Crippen LogP contribution in [0.1, 0.15) is 47.9 Å². The Bertz CT molecular complexity index is 626. The summed E-state index contributed by atoms with van der Waals surface area (Å²) >= 11 is 3.88. The molecule has 2 rings (SSSR count). The van der Waals surface area contributed by atoms with Crippen molar-refractivity contribution in [2.75, 3.05) is 7.11 Å². The summed E-state index contributed by atoms with van der Waals surface area (Å²) < 4.78 is 5.54. The Kier molecular flexibility index (Phi) is 4.77. The van der Waals surface area contributed by atoms with Crippen LogP contribution in [0.15, 0.2) is 42.5 Å². The lowest BCUT2D eigenvalue weighted by molar-refractivity contribution is 0.410.